The van der Waals surface area contributed by atoms with Crippen molar-refractivity contribution < 1.29 is 4.74 Å². The van der Waals surface area contributed by atoms with Crippen molar-refractivity contribution in [1.29, 1.82) is 0 Å². The molecular weight excluding hydrogens is 198 g/mol. The smallest absolute Gasteiger partial charge is 0.213 e. The van der Waals surface area contributed by atoms with Gasteiger partial charge in [0.05, 0.1) is 12.6 Å². The average Bonchev–Trinajstić information content (AvgIpc) is 2.27. The molecule has 2 aromatic rings. The van der Waals surface area contributed by atoms with E-state index in [1.54, 1.807) is 7.11 Å². The summed E-state index contributed by atoms with van der Waals surface area (Å²) in [6, 6.07) is 9.77. The van der Waals surface area contributed by atoms with Crippen LogP contribution >= 0.6 is 11.6 Å². The topological polar surface area (TPSA) is 22.1 Å². The number of ether oxygens (including phenoxy) is 1. The Morgan fingerprint density at radius 2 is 2.14 bits per heavy atom. The maximum absolute atomic E-state index is 5.85. The Balaban J connectivity index is 2.73. The molecular formula is C11H10ClNO. The molecule has 0 aliphatic carbocycles. The molecule has 0 atom stereocenters. The lowest BCUT2D eigenvalue weighted by Gasteiger charge is -2.05. The van der Waals surface area contributed by atoms with Gasteiger partial charge in [0.2, 0.25) is 5.88 Å². The summed E-state index contributed by atoms with van der Waals surface area (Å²) in [5.74, 6) is 1.08. The van der Waals surface area contributed by atoms with E-state index in [1.807, 2.05) is 30.3 Å². The molecule has 0 aliphatic rings. The van der Waals surface area contributed by atoms with Gasteiger partial charge in [-0.1, -0.05) is 18.2 Å². The molecule has 0 spiro atoms. The van der Waals surface area contributed by atoms with Gasteiger partial charge in [0.25, 0.3) is 0 Å². The van der Waals surface area contributed by atoms with Crippen LogP contribution in [0.5, 0.6) is 5.88 Å². The van der Waals surface area contributed by atoms with Gasteiger partial charge in [0.1, 0.15) is 0 Å². The molecule has 0 unspecified atom stereocenters. The van der Waals surface area contributed by atoms with Crippen LogP contribution in [0.15, 0.2) is 30.3 Å². The third-order valence-corrected chi connectivity index (χ3v) is 2.42. The highest BCUT2D eigenvalue weighted by Gasteiger charge is 2.03. The fraction of sp³-hybridized carbons (Fsp3) is 0.182. The Labute approximate surface area is 87.5 Å². The van der Waals surface area contributed by atoms with E-state index in [2.05, 4.69) is 4.98 Å². The fourth-order valence-electron chi connectivity index (χ4n) is 1.44. The van der Waals surface area contributed by atoms with Crippen molar-refractivity contribution in [2.24, 2.45) is 0 Å². The molecule has 0 fully saturated rings. The molecule has 0 bridgehead atoms. The Bertz CT molecular complexity index is 456. The number of pyridine rings is 1. The number of benzene rings is 1. The van der Waals surface area contributed by atoms with Crippen LogP contribution in [-0.2, 0) is 5.88 Å². The SMILES string of the molecule is COc1cc(CCl)c2ccccc2n1. The molecule has 0 saturated carbocycles. The largest absolute Gasteiger partial charge is 0.481 e. The highest BCUT2D eigenvalue weighted by Crippen LogP contribution is 2.22. The number of nitrogens with zero attached hydrogens (tertiary/aromatic N) is 1. The van der Waals surface area contributed by atoms with Gasteiger partial charge in [0, 0.05) is 17.3 Å². The van der Waals surface area contributed by atoms with Crippen LogP contribution in [0.2, 0.25) is 0 Å². The minimum Gasteiger partial charge on any atom is -0.481 e. The molecule has 14 heavy (non-hydrogen) atoms. The number of alkyl halides is 1. The zero-order valence-corrected chi connectivity index (χ0v) is 8.58. The van der Waals surface area contributed by atoms with Crippen LogP contribution in [0.3, 0.4) is 0 Å². The van der Waals surface area contributed by atoms with Gasteiger partial charge in [-0.2, -0.15) is 0 Å². The van der Waals surface area contributed by atoms with Crippen LogP contribution in [0.25, 0.3) is 10.9 Å². The van der Waals surface area contributed by atoms with Crippen molar-refractivity contribution in [1.82, 2.24) is 4.98 Å². The Hall–Kier alpha value is -1.28. The number of hydrogen-bond acceptors (Lipinski definition) is 2. The molecule has 0 aliphatic heterocycles. The van der Waals surface area contributed by atoms with Crippen molar-refractivity contribution in [2.75, 3.05) is 7.11 Å². The average molecular weight is 208 g/mol. The molecule has 3 heteroatoms. The Morgan fingerprint density at radius 3 is 2.86 bits per heavy atom. The Kier molecular flexibility index (Phi) is 2.55. The van der Waals surface area contributed by atoms with Gasteiger partial charge < -0.3 is 4.74 Å². The predicted octanol–water partition coefficient (Wildman–Crippen LogP) is 2.98. The van der Waals surface area contributed by atoms with Gasteiger partial charge in [0.15, 0.2) is 0 Å². The highest BCUT2D eigenvalue weighted by molar-refractivity contribution is 6.18. The van der Waals surface area contributed by atoms with E-state index in [1.165, 1.54) is 0 Å². The molecule has 1 aromatic carbocycles. The molecule has 1 aromatic heterocycles. The van der Waals surface area contributed by atoms with Gasteiger partial charge in [-0.15, -0.1) is 11.6 Å². The molecule has 0 saturated heterocycles. The van der Waals surface area contributed by atoms with Crippen molar-refractivity contribution in [3.8, 4) is 5.88 Å². The van der Waals surface area contributed by atoms with Gasteiger partial charge in [-0.25, -0.2) is 4.98 Å². The quantitative estimate of drug-likeness (QED) is 0.707. The number of fused-ring (bicyclic) bond motifs is 1. The normalized spacial score (nSPS) is 10.4. The minimum atomic E-state index is 0.472. The fourth-order valence-corrected chi connectivity index (χ4v) is 1.66. The van der Waals surface area contributed by atoms with Crippen LogP contribution in [0.1, 0.15) is 5.56 Å². The minimum absolute atomic E-state index is 0.472. The van der Waals surface area contributed by atoms with Crippen molar-refractivity contribution >= 4 is 22.5 Å². The van der Waals surface area contributed by atoms with E-state index in [0.29, 0.717) is 11.8 Å². The summed E-state index contributed by atoms with van der Waals surface area (Å²) >= 11 is 5.85. The lowest BCUT2D eigenvalue weighted by atomic mass is 10.1. The summed E-state index contributed by atoms with van der Waals surface area (Å²) in [5, 5.41) is 1.09. The number of hydrogen-bond donors (Lipinski definition) is 0. The first-order chi connectivity index (χ1) is 6.85. The van der Waals surface area contributed by atoms with Gasteiger partial charge in [-0.05, 0) is 11.6 Å². The zero-order valence-electron chi connectivity index (χ0n) is 7.83. The maximum Gasteiger partial charge on any atom is 0.213 e. The lowest BCUT2D eigenvalue weighted by Crippen LogP contribution is -1.91. The molecule has 1 heterocycles. The monoisotopic (exact) mass is 207 g/mol. The molecule has 0 radical (unpaired) electrons. The first-order valence-corrected chi connectivity index (χ1v) is 4.87. The lowest BCUT2D eigenvalue weighted by molar-refractivity contribution is 0.399. The molecule has 2 rings (SSSR count). The second-order valence-corrected chi connectivity index (χ2v) is 3.24. The standard InChI is InChI=1S/C11H10ClNO/c1-14-11-6-8(7-12)9-4-2-3-5-10(9)13-11/h2-6H,7H2,1H3. The van der Waals surface area contributed by atoms with E-state index >= 15 is 0 Å². The van der Waals surface area contributed by atoms with Crippen molar-refractivity contribution in [3.63, 3.8) is 0 Å². The van der Waals surface area contributed by atoms with E-state index < -0.39 is 0 Å². The highest BCUT2D eigenvalue weighted by atomic mass is 35.5. The summed E-state index contributed by atoms with van der Waals surface area (Å²) in [5.41, 5.74) is 1.97. The number of methoxy groups -OCH3 is 1. The summed E-state index contributed by atoms with van der Waals surface area (Å²) in [4.78, 5) is 4.32. The van der Waals surface area contributed by atoms with Crippen LogP contribution in [-0.4, -0.2) is 12.1 Å². The van der Waals surface area contributed by atoms with E-state index in [0.717, 1.165) is 16.5 Å². The first kappa shape index (κ1) is 9.28. The van der Waals surface area contributed by atoms with Gasteiger partial charge in [-0.3, -0.25) is 0 Å². The third kappa shape index (κ3) is 1.53. The zero-order chi connectivity index (χ0) is 9.97. The summed E-state index contributed by atoms with van der Waals surface area (Å²) < 4.78 is 5.10. The van der Waals surface area contributed by atoms with Crippen LogP contribution in [0, 0.1) is 0 Å². The van der Waals surface area contributed by atoms with E-state index in [9.17, 15) is 0 Å². The molecule has 0 N–H and O–H groups in total. The van der Waals surface area contributed by atoms with E-state index in [4.69, 9.17) is 16.3 Å². The maximum atomic E-state index is 5.85. The summed E-state index contributed by atoms with van der Waals surface area (Å²) in [6.45, 7) is 0. The number of aromatic nitrogens is 1. The van der Waals surface area contributed by atoms with Crippen molar-refractivity contribution in [2.45, 2.75) is 5.88 Å². The summed E-state index contributed by atoms with van der Waals surface area (Å²) in [7, 11) is 1.61. The van der Waals surface area contributed by atoms with Crippen LogP contribution < -0.4 is 4.74 Å². The Morgan fingerprint density at radius 1 is 1.36 bits per heavy atom. The summed E-state index contributed by atoms with van der Waals surface area (Å²) in [6.07, 6.45) is 0. The number of halogens is 1. The second-order valence-electron chi connectivity index (χ2n) is 2.97. The second kappa shape index (κ2) is 3.84. The number of rotatable bonds is 2. The molecule has 0 amide bonds. The van der Waals surface area contributed by atoms with E-state index in [-0.39, 0.29) is 0 Å². The van der Waals surface area contributed by atoms with Crippen LogP contribution in [0.4, 0.5) is 0 Å². The third-order valence-electron chi connectivity index (χ3n) is 2.13. The first-order valence-electron chi connectivity index (χ1n) is 4.34. The predicted molar refractivity (Wildman–Crippen MR) is 57.9 cm³/mol. The molecule has 2 nitrogen and oxygen atoms in total. The van der Waals surface area contributed by atoms with Crippen molar-refractivity contribution in [3.05, 3.63) is 35.9 Å². The molecule has 72 valence electrons. The number of para-hydroxylation sites is 1. The van der Waals surface area contributed by atoms with Gasteiger partial charge >= 0.3 is 0 Å².